The molecule has 4 N–H and O–H groups in total. The van der Waals surface area contributed by atoms with Crippen LogP contribution in [0, 0.1) is 12.7 Å². The summed E-state index contributed by atoms with van der Waals surface area (Å²) in [4.78, 5) is 20.3. The van der Waals surface area contributed by atoms with Gasteiger partial charge in [0.05, 0.1) is 46.4 Å². The topological polar surface area (TPSA) is 129 Å². The molecule has 2 aliphatic heterocycles. The lowest BCUT2D eigenvalue weighted by atomic mass is 9.98. The van der Waals surface area contributed by atoms with Crippen LogP contribution in [0.15, 0.2) is 24.4 Å². The van der Waals surface area contributed by atoms with Crippen molar-refractivity contribution in [3.05, 3.63) is 51.9 Å². The molecule has 1 aromatic carbocycles. The van der Waals surface area contributed by atoms with E-state index in [-0.39, 0.29) is 66.0 Å². The fourth-order valence-corrected chi connectivity index (χ4v) is 6.76. The molecule has 10 nitrogen and oxygen atoms in total. The summed E-state index contributed by atoms with van der Waals surface area (Å²) in [6.07, 6.45) is -4.73. The van der Waals surface area contributed by atoms with Crippen LogP contribution in [0.1, 0.15) is 42.5 Å². The zero-order chi connectivity index (χ0) is 34.5. The molecular formula is C31H31ClF6N8O2. The number of hydrogen-bond acceptors (Lipinski definition) is 10. The summed E-state index contributed by atoms with van der Waals surface area (Å²) in [5, 5.41) is -0.500. The lowest BCUT2D eigenvalue weighted by Gasteiger charge is -2.30. The fraction of sp³-hybridized carbons (Fsp3) is 0.419. The molecule has 0 aliphatic carbocycles. The molecule has 0 unspecified atom stereocenters. The number of likely N-dealkylation sites (tertiary alicyclic amines) is 1. The van der Waals surface area contributed by atoms with Crippen LogP contribution in [0.2, 0.25) is 5.02 Å². The Hall–Kier alpha value is -4.31. The van der Waals surface area contributed by atoms with Crippen LogP contribution in [-0.4, -0.2) is 70.2 Å². The number of ether oxygens (including phenoxy) is 2. The number of halogens is 7. The van der Waals surface area contributed by atoms with Crippen molar-refractivity contribution in [3.63, 3.8) is 0 Å². The number of hydrogen-bond donors (Lipinski definition) is 2. The van der Waals surface area contributed by atoms with Gasteiger partial charge in [0.15, 0.2) is 11.6 Å². The maximum atomic E-state index is 16.9. The van der Waals surface area contributed by atoms with Crippen LogP contribution in [0.5, 0.6) is 11.8 Å². The highest BCUT2D eigenvalue weighted by Crippen LogP contribution is 2.51. The molecule has 256 valence electrons. The molecule has 4 aromatic rings. The van der Waals surface area contributed by atoms with Crippen LogP contribution < -0.4 is 25.8 Å². The van der Waals surface area contributed by atoms with Crippen LogP contribution in [-0.2, 0) is 6.18 Å². The van der Waals surface area contributed by atoms with Crippen molar-refractivity contribution in [1.82, 2.24) is 24.8 Å². The minimum Gasteiger partial charge on any atom is -0.489 e. The van der Waals surface area contributed by atoms with Gasteiger partial charge in [-0.25, -0.2) is 23.1 Å². The Morgan fingerprint density at radius 1 is 1.17 bits per heavy atom. The van der Waals surface area contributed by atoms with Gasteiger partial charge in [0.1, 0.15) is 36.2 Å². The van der Waals surface area contributed by atoms with Crippen LogP contribution >= 0.6 is 11.6 Å². The van der Waals surface area contributed by atoms with Crippen molar-refractivity contribution in [2.24, 2.45) is 0 Å². The van der Waals surface area contributed by atoms with E-state index in [2.05, 4.69) is 19.9 Å². The smallest absolute Gasteiger partial charge is 0.418 e. The summed E-state index contributed by atoms with van der Waals surface area (Å²) in [7, 11) is 0. The van der Waals surface area contributed by atoms with Gasteiger partial charge in [0.2, 0.25) is 0 Å². The first-order valence-electron chi connectivity index (χ1n) is 15.1. The SMILES string of the molecule is Cc1cc(N)nc(-c2c(Cl)c3c4c(nc(OC[C@@H]5CCCN5CC(F)F)nc4c2F)N([C@H](C)c2cccnc2N)CCO3)c1C(F)(F)F. The van der Waals surface area contributed by atoms with Gasteiger partial charge in [-0.2, -0.15) is 23.1 Å². The predicted octanol–water partition coefficient (Wildman–Crippen LogP) is 6.44. The lowest BCUT2D eigenvalue weighted by Crippen LogP contribution is -2.37. The van der Waals surface area contributed by atoms with Gasteiger partial charge in [-0.1, -0.05) is 17.7 Å². The number of aromatic nitrogens is 4. The normalized spacial score (nSPS) is 17.5. The molecular weight excluding hydrogens is 666 g/mol. The van der Waals surface area contributed by atoms with E-state index in [4.69, 9.17) is 32.5 Å². The van der Waals surface area contributed by atoms with E-state index in [0.29, 0.717) is 24.9 Å². The number of rotatable bonds is 8. The molecule has 0 amide bonds. The van der Waals surface area contributed by atoms with Gasteiger partial charge in [0, 0.05) is 17.8 Å². The Labute approximate surface area is 276 Å². The number of nitrogens with two attached hydrogens (primary N) is 2. The highest BCUT2D eigenvalue weighted by atomic mass is 35.5. The summed E-state index contributed by atoms with van der Waals surface area (Å²) >= 11 is 6.73. The molecule has 17 heteroatoms. The summed E-state index contributed by atoms with van der Waals surface area (Å²) in [6.45, 7) is 3.01. The molecule has 0 spiro atoms. The van der Waals surface area contributed by atoms with Crippen LogP contribution in [0.25, 0.3) is 22.2 Å². The van der Waals surface area contributed by atoms with Crippen molar-refractivity contribution >= 4 is 40.0 Å². The van der Waals surface area contributed by atoms with Gasteiger partial charge >= 0.3 is 12.2 Å². The second kappa shape index (κ2) is 13.0. The molecule has 0 bridgehead atoms. The number of alkyl halides is 5. The van der Waals surface area contributed by atoms with E-state index in [9.17, 15) is 22.0 Å². The first-order chi connectivity index (χ1) is 22.8. The third-order valence-corrected chi connectivity index (χ3v) is 8.98. The monoisotopic (exact) mass is 696 g/mol. The molecule has 1 fully saturated rings. The van der Waals surface area contributed by atoms with Gasteiger partial charge in [-0.15, -0.1) is 0 Å². The van der Waals surface area contributed by atoms with Crippen LogP contribution in [0.3, 0.4) is 0 Å². The highest BCUT2D eigenvalue weighted by Gasteiger charge is 2.40. The van der Waals surface area contributed by atoms with Crippen LogP contribution in [0.4, 0.5) is 43.8 Å². The lowest BCUT2D eigenvalue weighted by molar-refractivity contribution is -0.137. The maximum absolute atomic E-state index is 16.9. The van der Waals surface area contributed by atoms with Crippen molar-refractivity contribution in [3.8, 4) is 23.0 Å². The molecule has 0 saturated carbocycles. The number of nitrogens with zero attached hydrogens (tertiary/aromatic N) is 6. The zero-order valence-corrected chi connectivity index (χ0v) is 26.5. The van der Waals surface area contributed by atoms with E-state index in [1.165, 1.54) is 13.1 Å². The standard InChI is InChI=1S/C31H31ClF6N8O2/c1-14-11-19(39)42-25(22(14)31(36,37)38)20-23(32)27-21-26(24(20)35)43-30(48-13-16-5-4-8-45(16)12-18(33)34)44-29(21)46(9-10-47-27)15(2)17-6-3-7-41-28(17)40/h3,6-7,11,15-16,18H,4-5,8-10,12-13H2,1-2H3,(H2,39,42)(H2,40,41)/t15-,16+/m1/s1. The van der Waals surface area contributed by atoms with E-state index in [1.54, 1.807) is 21.9 Å². The van der Waals surface area contributed by atoms with Crippen molar-refractivity contribution in [1.29, 1.82) is 0 Å². The largest absolute Gasteiger partial charge is 0.489 e. The summed E-state index contributed by atoms with van der Waals surface area (Å²) in [6, 6.07) is 3.25. The van der Waals surface area contributed by atoms with Gasteiger partial charge in [-0.3, -0.25) is 4.90 Å². The van der Waals surface area contributed by atoms with Gasteiger partial charge in [-0.05, 0) is 50.9 Å². The average molecular weight is 697 g/mol. The molecule has 0 radical (unpaired) electrons. The van der Waals surface area contributed by atoms with Gasteiger partial charge < -0.3 is 25.8 Å². The Bertz CT molecular complexity index is 1860. The van der Waals surface area contributed by atoms with E-state index in [1.807, 2.05) is 6.92 Å². The molecule has 5 heterocycles. The Morgan fingerprint density at radius 2 is 1.94 bits per heavy atom. The molecule has 1 saturated heterocycles. The Kier molecular flexibility index (Phi) is 9.06. The third-order valence-electron chi connectivity index (χ3n) is 8.62. The zero-order valence-electron chi connectivity index (χ0n) is 25.8. The Morgan fingerprint density at radius 3 is 2.65 bits per heavy atom. The number of pyridine rings is 2. The molecule has 2 atom stereocenters. The quantitative estimate of drug-likeness (QED) is 0.199. The summed E-state index contributed by atoms with van der Waals surface area (Å²) in [5.41, 5.74) is 9.12. The predicted molar refractivity (Wildman–Crippen MR) is 168 cm³/mol. The second-order valence-corrected chi connectivity index (χ2v) is 12.0. The molecule has 6 rings (SSSR count). The first-order valence-corrected chi connectivity index (χ1v) is 15.5. The molecule has 2 aliphatic rings. The fourth-order valence-electron chi connectivity index (χ4n) is 6.44. The maximum Gasteiger partial charge on any atom is 0.418 e. The third kappa shape index (κ3) is 6.18. The number of aryl methyl sites for hydroxylation is 1. The number of anilines is 3. The van der Waals surface area contributed by atoms with Crippen molar-refractivity contribution in [2.45, 2.75) is 51.4 Å². The first kappa shape index (κ1) is 33.6. The molecule has 3 aromatic heterocycles. The van der Waals surface area contributed by atoms with Crippen molar-refractivity contribution in [2.75, 3.05) is 49.2 Å². The van der Waals surface area contributed by atoms with Gasteiger partial charge in [0.25, 0.3) is 6.43 Å². The molecule has 48 heavy (non-hydrogen) atoms. The summed E-state index contributed by atoms with van der Waals surface area (Å²) in [5.74, 6) is -1.35. The minimum absolute atomic E-state index is 0.0187. The van der Waals surface area contributed by atoms with Crippen molar-refractivity contribution < 1.29 is 35.8 Å². The van der Waals surface area contributed by atoms with E-state index < -0.39 is 58.4 Å². The second-order valence-electron chi connectivity index (χ2n) is 11.7. The summed E-state index contributed by atoms with van der Waals surface area (Å²) < 4.78 is 98.4. The minimum atomic E-state index is -4.95. The highest BCUT2D eigenvalue weighted by molar-refractivity contribution is 6.36. The van der Waals surface area contributed by atoms with E-state index >= 15 is 4.39 Å². The Balaban J connectivity index is 1.57. The number of benzene rings is 1. The van der Waals surface area contributed by atoms with E-state index in [0.717, 1.165) is 6.07 Å². The number of nitrogen functional groups attached to an aromatic ring is 2. The average Bonchev–Trinajstić information content (AvgIpc) is 3.34.